The summed E-state index contributed by atoms with van der Waals surface area (Å²) in [5, 5.41) is 0. The van der Waals surface area contributed by atoms with Crippen molar-refractivity contribution in [2.75, 3.05) is 14.1 Å². The van der Waals surface area contributed by atoms with Gasteiger partial charge < -0.3 is 0 Å². The summed E-state index contributed by atoms with van der Waals surface area (Å²) in [4.78, 5) is 0. The number of para-hydroxylation sites is 1. The predicted octanol–water partition coefficient (Wildman–Crippen LogP) is 3.77. The normalized spacial score (nSPS) is 16.5. The van der Waals surface area contributed by atoms with Gasteiger partial charge in [-0.1, -0.05) is 30.3 Å². The molecule has 0 fully saturated rings. The largest absolute Gasteiger partial charge is 0.263 e. The molecule has 1 nitrogen and oxygen atoms in total. The van der Waals surface area contributed by atoms with Crippen LogP contribution < -0.4 is 4.48 Å². The van der Waals surface area contributed by atoms with Gasteiger partial charge in [-0.05, 0) is 18.2 Å². The minimum Gasteiger partial charge on any atom is -0.263 e. The molecule has 3 rings (SSSR count). The molecule has 0 unspecified atom stereocenters. The van der Waals surface area contributed by atoms with Gasteiger partial charge in [-0.2, -0.15) is 0 Å². The first-order valence-electron chi connectivity index (χ1n) is 5.91. The lowest BCUT2D eigenvalue weighted by molar-refractivity contribution is 0.575. The van der Waals surface area contributed by atoms with E-state index in [2.05, 4.69) is 74.8 Å². The zero-order valence-corrected chi connectivity index (χ0v) is 10.2. The quantitative estimate of drug-likeness (QED) is 0.644. The van der Waals surface area contributed by atoms with Crippen LogP contribution >= 0.6 is 0 Å². The highest BCUT2D eigenvalue weighted by atomic mass is 15.3. The number of rotatable bonds is 1. The SMILES string of the molecule is C[N+]1(C)C(c2ccccc2)=Cc2ccccc21. The lowest BCUT2D eigenvalue weighted by atomic mass is 10.1. The van der Waals surface area contributed by atoms with Crippen molar-refractivity contribution in [3.05, 3.63) is 65.7 Å². The molecule has 0 saturated carbocycles. The molecule has 0 radical (unpaired) electrons. The molecule has 0 atom stereocenters. The Balaban J connectivity index is 2.17. The van der Waals surface area contributed by atoms with E-state index >= 15 is 0 Å². The van der Waals surface area contributed by atoms with E-state index < -0.39 is 0 Å². The van der Waals surface area contributed by atoms with Gasteiger partial charge in [0, 0.05) is 23.3 Å². The summed E-state index contributed by atoms with van der Waals surface area (Å²) < 4.78 is 0.820. The van der Waals surface area contributed by atoms with Crippen LogP contribution in [0.15, 0.2) is 54.6 Å². The summed E-state index contributed by atoms with van der Waals surface area (Å²) in [5.41, 5.74) is 5.35. The highest BCUT2D eigenvalue weighted by molar-refractivity contribution is 5.95. The van der Waals surface area contributed by atoms with Crippen molar-refractivity contribution in [3.63, 3.8) is 0 Å². The molecule has 1 aliphatic heterocycles. The van der Waals surface area contributed by atoms with Gasteiger partial charge in [-0.25, -0.2) is 0 Å². The van der Waals surface area contributed by atoms with Gasteiger partial charge in [0.25, 0.3) is 0 Å². The third-order valence-electron chi connectivity index (χ3n) is 3.50. The second-order valence-electron chi connectivity index (χ2n) is 4.91. The maximum atomic E-state index is 2.30. The maximum absolute atomic E-state index is 2.30. The van der Waals surface area contributed by atoms with E-state index in [0.29, 0.717) is 0 Å². The third-order valence-corrected chi connectivity index (χ3v) is 3.50. The Morgan fingerprint density at radius 3 is 2.12 bits per heavy atom. The first-order valence-corrected chi connectivity index (χ1v) is 5.91. The second kappa shape index (κ2) is 3.57. The number of quaternary nitrogens is 1. The molecule has 1 heterocycles. The van der Waals surface area contributed by atoms with E-state index in [1.807, 2.05) is 0 Å². The van der Waals surface area contributed by atoms with Crippen molar-refractivity contribution < 1.29 is 0 Å². The predicted molar refractivity (Wildman–Crippen MR) is 74.4 cm³/mol. The van der Waals surface area contributed by atoms with E-state index in [0.717, 1.165) is 4.48 Å². The van der Waals surface area contributed by atoms with Crippen molar-refractivity contribution in [1.82, 2.24) is 4.48 Å². The summed E-state index contributed by atoms with van der Waals surface area (Å²) in [6.45, 7) is 0. The molecule has 17 heavy (non-hydrogen) atoms. The van der Waals surface area contributed by atoms with Gasteiger partial charge in [0.15, 0.2) is 0 Å². The highest BCUT2D eigenvalue weighted by Crippen LogP contribution is 2.41. The van der Waals surface area contributed by atoms with Crippen LogP contribution in [0.5, 0.6) is 0 Å². The number of hydrogen-bond donors (Lipinski definition) is 0. The fourth-order valence-corrected chi connectivity index (χ4v) is 2.57. The van der Waals surface area contributed by atoms with E-state index in [1.54, 1.807) is 0 Å². The van der Waals surface area contributed by atoms with Crippen LogP contribution in [0.25, 0.3) is 11.8 Å². The van der Waals surface area contributed by atoms with Crippen LogP contribution in [-0.2, 0) is 0 Å². The van der Waals surface area contributed by atoms with E-state index in [9.17, 15) is 0 Å². The van der Waals surface area contributed by atoms with E-state index in [-0.39, 0.29) is 0 Å². The monoisotopic (exact) mass is 222 g/mol. The lowest BCUT2D eigenvalue weighted by Gasteiger charge is -2.27. The summed E-state index contributed by atoms with van der Waals surface area (Å²) >= 11 is 0. The first-order chi connectivity index (χ1) is 8.19. The van der Waals surface area contributed by atoms with Gasteiger partial charge in [0.2, 0.25) is 0 Å². The van der Waals surface area contributed by atoms with Crippen LogP contribution in [0.2, 0.25) is 0 Å². The zero-order valence-electron chi connectivity index (χ0n) is 10.2. The Labute approximate surface area is 102 Å². The second-order valence-corrected chi connectivity index (χ2v) is 4.91. The molecule has 84 valence electrons. The van der Waals surface area contributed by atoms with E-state index in [4.69, 9.17) is 0 Å². The first kappa shape index (κ1) is 10.3. The Kier molecular flexibility index (Phi) is 2.17. The van der Waals surface area contributed by atoms with Crippen LogP contribution in [0.3, 0.4) is 0 Å². The van der Waals surface area contributed by atoms with Gasteiger partial charge >= 0.3 is 0 Å². The van der Waals surface area contributed by atoms with Gasteiger partial charge in [-0.3, -0.25) is 4.48 Å². The van der Waals surface area contributed by atoms with E-state index in [1.165, 1.54) is 22.5 Å². The smallest absolute Gasteiger partial charge is 0.145 e. The van der Waals surface area contributed by atoms with Crippen molar-refractivity contribution in [1.29, 1.82) is 0 Å². The third kappa shape index (κ3) is 1.51. The van der Waals surface area contributed by atoms with Crippen LogP contribution in [0.1, 0.15) is 11.1 Å². The van der Waals surface area contributed by atoms with Crippen molar-refractivity contribution in [2.24, 2.45) is 0 Å². The van der Waals surface area contributed by atoms with Crippen molar-refractivity contribution >= 4 is 17.5 Å². The van der Waals surface area contributed by atoms with Crippen LogP contribution in [0.4, 0.5) is 5.69 Å². The fourth-order valence-electron chi connectivity index (χ4n) is 2.57. The Morgan fingerprint density at radius 1 is 0.765 bits per heavy atom. The number of nitrogens with zero attached hydrogens (tertiary/aromatic N) is 1. The van der Waals surface area contributed by atoms with Crippen LogP contribution in [0, 0.1) is 0 Å². The topological polar surface area (TPSA) is 0 Å². The van der Waals surface area contributed by atoms with Crippen molar-refractivity contribution in [2.45, 2.75) is 0 Å². The van der Waals surface area contributed by atoms with Crippen LogP contribution in [-0.4, -0.2) is 14.1 Å². The summed E-state index contributed by atoms with van der Waals surface area (Å²) in [5.74, 6) is 0. The number of benzene rings is 2. The average molecular weight is 222 g/mol. The van der Waals surface area contributed by atoms with Gasteiger partial charge in [0.1, 0.15) is 11.4 Å². The summed E-state index contributed by atoms with van der Waals surface area (Å²) in [6.07, 6.45) is 2.30. The maximum Gasteiger partial charge on any atom is 0.145 e. The molecule has 1 aliphatic rings. The Morgan fingerprint density at radius 2 is 1.41 bits per heavy atom. The van der Waals surface area contributed by atoms with Gasteiger partial charge in [-0.15, -0.1) is 0 Å². The lowest BCUT2D eigenvalue weighted by Crippen LogP contribution is -2.36. The minimum absolute atomic E-state index is 0.820. The number of hydrogen-bond acceptors (Lipinski definition) is 0. The molecule has 0 N–H and O–H groups in total. The molecular weight excluding hydrogens is 206 g/mol. The summed E-state index contributed by atoms with van der Waals surface area (Å²) in [6, 6.07) is 19.2. The average Bonchev–Trinajstić information content (AvgIpc) is 2.63. The zero-order chi connectivity index (χ0) is 11.9. The van der Waals surface area contributed by atoms with Gasteiger partial charge in [0.05, 0.1) is 14.1 Å². The summed E-state index contributed by atoms with van der Waals surface area (Å²) in [7, 11) is 4.48. The number of fused-ring (bicyclic) bond motifs is 1. The molecular formula is C16H16N+. The molecule has 0 bridgehead atoms. The molecule has 0 saturated heterocycles. The molecule has 0 spiro atoms. The minimum atomic E-state index is 0.820. The molecule has 2 aromatic carbocycles. The standard InChI is InChI=1S/C16H16N/c1-17(2)15-11-7-6-10-14(15)12-16(17)13-8-4-3-5-9-13/h3-12H,1-2H3/q+1. The Bertz CT molecular complexity index is 579. The molecule has 0 aromatic heterocycles. The van der Waals surface area contributed by atoms with Crippen molar-refractivity contribution in [3.8, 4) is 0 Å². The fraction of sp³-hybridized carbons (Fsp3) is 0.125. The molecule has 2 aromatic rings. The molecule has 0 amide bonds. The highest BCUT2D eigenvalue weighted by Gasteiger charge is 2.34. The molecule has 0 aliphatic carbocycles. The molecule has 1 heteroatoms. The Hall–Kier alpha value is -1.86.